The first-order valence-corrected chi connectivity index (χ1v) is 16.5. The van der Waals surface area contributed by atoms with Gasteiger partial charge in [0, 0.05) is 0 Å². The first kappa shape index (κ1) is 31.8. The van der Waals surface area contributed by atoms with Crippen LogP contribution in [-0.4, -0.2) is 29.3 Å². The van der Waals surface area contributed by atoms with Gasteiger partial charge in [0.1, 0.15) is 0 Å². The van der Waals surface area contributed by atoms with Gasteiger partial charge in [-0.05, 0) is 52.6 Å². The van der Waals surface area contributed by atoms with Gasteiger partial charge < -0.3 is 0 Å². The molecule has 0 saturated carbocycles. The van der Waals surface area contributed by atoms with Gasteiger partial charge in [-0.3, -0.25) is 14.0 Å². The van der Waals surface area contributed by atoms with E-state index in [1.807, 2.05) is 0 Å². The number of halogens is 2. The summed E-state index contributed by atoms with van der Waals surface area (Å²) >= 11 is 0.00694. The Balaban J connectivity index is 0.00000153. The number of nitrogens with zero attached hydrogens (tertiary/aromatic N) is 6. The fourth-order valence-electron chi connectivity index (χ4n) is 4.07. The van der Waals surface area contributed by atoms with Crippen LogP contribution in [0.2, 0.25) is 0 Å². The van der Waals surface area contributed by atoms with Crippen molar-refractivity contribution in [3.63, 3.8) is 0 Å². The minimum atomic E-state index is 0.00694. The molecule has 37 heavy (non-hydrogen) atoms. The van der Waals surface area contributed by atoms with E-state index in [1.54, 1.807) is 0 Å². The van der Waals surface area contributed by atoms with E-state index in [1.165, 1.54) is 17.1 Å². The molecule has 9 heteroatoms. The first-order chi connectivity index (χ1) is 17.2. The quantitative estimate of drug-likeness (QED) is 0.185. The summed E-state index contributed by atoms with van der Waals surface area (Å²) in [5.74, 6) is 1.92. The van der Waals surface area contributed by atoms with Crippen molar-refractivity contribution in [2.75, 3.05) is 0 Å². The number of hydrogen-bond acceptors (Lipinski definition) is 3. The van der Waals surface area contributed by atoms with Gasteiger partial charge >= 0.3 is 33.3 Å². The molecule has 0 amide bonds. The molecule has 6 nitrogen and oxygen atoms in total. The molecule has 0 aliphatic rings. The Morgan fingerprint density at radius 3 is 0.892 bits per heavy atom. The zero-order valence-corrected chi connectivity index (χ0v) is 27.2. The Bertz CT molecular complexity index is 986. The summed E-state index contributed by atoms with van der Waals surface area (Å²) in [5, 5.41) is 15.5. The molecule has 3 rings (SSSR count). The molecular formula is C28H45Cl2MnN6-. The van der Waals surface area contributed by atoms with Gasteiger partial charge in [0.05, 0.1) is 17.1 Å². The van der Waals surface area contributed by atoms with E-state index in [0.29, 0.717) is 35.5 Å². The fourth-order valence-corrected chi connectivity index (χ4v) is 4.07. The maximum absolute atomic E-state index is 5.15. The fraction of sp³-hybridized carbons (Fsp3) is 0.643. The van der Waals surface area contributed by atoms with Crippen LogP contribution in [0.4, 0.5) is 0 Å². The zero-order chi connectivity index (χ0) is 28.2. The van der Waals surface area contributed by atoms with Gasteiger partial charge in [0.15, 0.2) is 6.29 Å². The van der Waals surface area contributed by atoms with Gasteiger partial charge in [0.2, 0.25) is 0 Å². The van der Waals surface area contributed by atoms with Gasteiger partial charge in [-0.1, -0.05) is 101 Å². The summed E-state index contributed by atoms with van der Waals surface area (Å²) in [6, 6.07) is 6.75. The molecule has 0 radical (unpaired) electrons. The van der Waals surface area contributed by atoms with Crippen molar-refractivity contribution < 1.29 is 13.1 Å². The Labute approximate surface area is 239 Å². The van der Waals surface area contributed by atoms with Gasteiger partial charge in [0.25, 0.3) is 0 Å². The van der Waals surface area contributed by atoms with Crippen LogP contribution in [0.5, 0.6) is 0 Å². The topological polar surface area (TPSA) is 53.5 Å². The van der Waals surface area contributed by atoms with Gasteiger partial charge in [-0.2, -0.15) is 15.3 Å². The molecule has 3 heterocycles. The van der Waals surface area contributed by atoms with Gasteiger partial charge in [-0.25, -0.2) is 0 Å². The second-order valence-electron chi connectivity index (χ2n) is 11.5. The monoisotopic (exact) mass is 590 g/mol. The molecule has 0 atom stereocenters. The summed E-state index contributed by atoms with van der Waals surface area (Å²) in [4.78, 5) is 0. The predicted octanol–water partition coefficient (Wildman–Crippen LogP) is 8.78. The average molecular weight is 592 g/mol. The first-order valence-electron chi connectivity index (χ1n) is 13.3. The number of rotatable bonds is 9. The van der Waals surface area contributed by atoms with Crippen molar-refractivity contribution in [3.8, 4) is 0 Å². The van der Waals surface area contributed by atoms with Crippen LogP contribution in [0.1, 0.15) is 153 Å². The molecule has 0 saturated heterocycles. The summed E-state index contributed by atoms with van der Waals surface area (Å²) in [5.41, 5.74) is 6.78. The average Bonchev–Trinajstić information content (AvgIpc) is 3.52. The molecule has 0 aliphatic heterocycles. The molecule has 3 aromatic rings. The van der Waals surface area contributed by atoms with Crippen LogP contribution in [0.15, 0.2) is 18.2 Å². The molecule has 0 aliphatic carbocycles. The van der Waals surface area contributed by atoms with E-state index in [9.17, 15) is 0 Å². The van der Waals surface area contributed by atoms with Crippen LogP contribution >= 0.6 is 20.2 Å². The second kappa shape index (κ2) is 13.6. The predicted molar refractivity (Wildman–Crippen MR) is 152 cm³/mol. The molecular weight excluding hydrogens is 546 g/mol. The number of aromatic nitrogens is 6. The van der Waals surface area contributed by atoms with E-state index in [2.05, 4.69) is 115 Å². The third-order valence-corrected chi connectivity index (χ3v) is 6.38. The molecule has 0 fully saturated rings. The zero-order valence-electron chi connectivity index (χ0n) is 24.5. The van der Waals surface area contributed by atoms with Crippen molar-refractivity contribution >= 4 is 20.2 Å². The van der Waals surface area contributed by atoms with E-state index >= 15 is 0 Å². The Morgan fingerprint density at radius 2 is 0.730 bits per heavy atom. The van der Waals surface area contributed by atoms with Crippen LogP contribution in [-0.2, 0) is 13.1 Å². The third-order valence-electron chi connectivity index (χ3n) is 6.38. The van der Waals surface area contributed by atoms with E-state index < -0.39 is 0 Å². The summed E-state index contributed by atoms with van der Waals surface area (Å²) in [7, 11) is 9.59. The Kier molecular flexibility index (Phi) is 11.7. The van der Waals surface area contributed by atoms with E-state index in [-0.39, 0.29) is 13.1 Å². The van der Waals surface area contributed by atoms with Crippen LogP contribution in [0.25, 0.3) is 0 Å². The maximum atomic E-state index is 5.15. The molecule has 0 N–H and O–H groups in total. The van der Waals surface area contributed by atoms with Gasteiger partial charge in [-0.15, -0.1) is 0 Å². The van der Waals surface area contributed by atoms with Crippen LogP contribution in [0, 0.1) is 6.29 Å². The molecule has 0 spiro atoms. The van der Waals surface area contributed by atoms with Crippen LogP contribution < -0.4 is 0 Å². The van der Waals surface area contributed by atoms with Crippen molar-refractivity contribution in [2.45, 2.75) is 119 Å². The summed E-state index contributed by atoms with van der Waals surface area (Å²) in [6.07, 6.45) is 0.877. The van der Waals surface area contributed by atoms with Crippen molar-refractivity contribution in [3.05, 3.63) is 58.7 Å². The molecule has 0 unspecified atom stereocenters. The Hall–Kier alpha value is -1.40. The van der Waals surface area contributed by atoms with Crippen molar-refractivity contribution in [2.24, 2.45) is 0 Å². The van der Waals surface area contributed by atoms with E-state index in [0.717, 1.165) is 23.4 Å². The van der Waals surface area contributed by atoms with Crippen molar-refractivity contribution in [1.29, 1.82) is 0 Å². The molecule has 3 aromatic heterocycles. The normalized spacial score (nSPS) is 12.0. The number of hydrogen-bond donors (Lipinski definition) is 0. The second-order valence-corrected chi connectivity index (χ2v) is 13.4. The SMILES string of the molecule is CC(C)c1cc(C(C)C)n([C-](n2nc(C(C)C)cc2C(C)C)n2nc(C(C)C)cc2C(C)C)n1.[Cl][Mn][Cl]. The standard InChI is InChI=1S/C28H45N6.2ClH.Mn/c1-16(2)22-13-25(19(7)8)32(29-22)28(33-26(20(9)10)14-23(30-33)17(3)4)34-27(21(11)12)15-24(31-34)18(5)6;;;/h13-21H,1-12H3;2*1H;/q-1;;;+2/p-2. The summed E-state index contributed by atoms with van der Waals surface area (Å²) in [6.45, 7) is 26.6. The minimum absolute atomic E-state index is 0.00694. The summed E-state index contributed by atoms with van der Waals surface area (Å²) < 4.78 is 6.31. The Morgan fingerprint density at radius 1 is 0.514 bits per heavy atom. The van der Waals surface area contributed by atoms with E-state index in [4.69, 9.17) is 35.5 Å². The molecule has 0 aromatic carbocycles. The third kappa shape index (κ3) is 7.38. The van der Waals surface area contributed by atoms with Crippen LogP contribution in [0.3, 0.4) is 0 Å². The van der Waals surface area contributed by atoms with Crippen molar-refractivity contribution in [1.82, 2.24) is 29.3 Å². The molecule has 209 valence electrons. The molecule has 0 bridgehead atoms.